The Morgan fingerprint density at radius 1 is 1.45 bits per heavy atom. The number of hydrogen-bond donors (Lipinski definition) is 2. The maximum atomic E-state index is 12.0. The summed E-state index contributed by atoms with van der Waals surface area (Å²) in [6.45, 7) is 4.08. The maximum absolute atomic E-state index is 12.0. The molecular formula is C15H19N3O2. The highest BCUT2D eigenvalue weighted by atomic mass is 16.3. The van der Waals surface area contributed by atoms with Crippen molar-refractivity contribution in [3.63, 3.8) is 0 Å². The summed E-state index contributed by atoms with van der Waals surface area (Å²) < 4.78 is 5.23. The molecule has 2 aromatic rings. The number of hydrogen-bond acceptors (Lipinski definition) is 4. The van der Waals surface area contributed by atoms with E-state index in [1.54, 1.807) is 6.20 Å². The molecule has 0 spiro atoms. The zero-order valence-corrected chi connectivity index (χ0v) is 11.7. The molecular weight excluding hydrogens is 254 g/mol. The number of rotatable bonds is 5. The molecule has 0 fully saturated rings. The number of carbonyl (C=O) groups excluding carboxylic acids is 1. The molecule has 0 bridgehead atoms. The minimum atomic E-state index is -0.496. The number of benzene rings is 1. The van der Waals surface area contributed by atoms with E-state index in [1.807, 2.05) is 38.1 Å². The lowest BCUT2D eigenvalue weighted by Crippen LogP contribution is -2.36. The fourth-order valence-corrected chi connectivity index (χ4v) is 1.96. The Bertz CT molecular complexity index is 564. The van der Waals surface area contributed by atoms with Gasteiger partial charge in [-0.3, -0.25) is 4.79 Å². The van der Waals surface area contributed by atoms with E-state index >= 15 is 0 Å². The standard InChI is InChI=1S/C15H19N3O2/c1-10(2)6-13(16)15(19)18-12-5-3-4-11(7-12)14-8-17-9-20-14/h3-5,7-10,13H,6,16H2,1-2H3,(H,18,19)/t13-/m0/s1. The van der Waals surface area contributed by atoms with Crippen LogP contribution in [0.3, 0.4) is 0 Å². The molecule has 5 heteroatoms. The van der Waals surface area contributed by atoms with Crippen molar-refractivity contribution in [3.8, 4) is 11.3 Å². The molecule has 5 nitrogen and oxygen atoms in total. The first kappa shape index (κ1) is 14.3. The Balaban J connectivity index is 2.07. The first-order valence-electron chi connectivity index (χ1n) is 6.61. The van der Waals surface area contributed by atoms with E-state index in [2.05, 4.69) is 10.3 Å². The second-order valence-electron chi connectivity index (χ2n) is 5.17. The van der Waals surface area contributed by atoms with Crippen molar-refractivity contribution < 1.29 is 9.21 Å². The number of carbonyl (C=O) groups is 1. The van der Waals surface area contributed by atoms with Crippen LogP contribution in [0, 0.1) is 5.92 Å². The zero-order chi connectivity index (χ0) is 14.5. The molecule has 0 unspecified atom stereocenters. The molecule has 1 heterocycles. The molecule has 0 radical (unpaired) electrons. The summed E-state index contributed by atoms with van der Waals surface area (Å²) in [5, 5.41) is 2.82. The van der Waals surface area contributed by atoms with Gasteiger partial charge in [-0.15, -0.1) is 0 Å². The summed E-state index contributed by atoms with van der Waals surface area (Å²) in [6.07, 6.45) is 3.66. The summed E-state index contributed by atoms with van der Waals surface area (Å²) in [7, 11) is 0. The highest BCUT2D eigenvalue weighted by Crippen LogP contribution is 2.22. The van der Waals surface area contributed by atoms with E-state index in [4.69, 9.17) is 10.2 Å². The van der Waals surface area contributed by atoms with Gasteiger partial charge >= 0.3 is 0 Å². The normalized spacial score (nSPS) is 12.4. The topological polar surface area (TPSA) is 81.2 Å². The van der Waals surface area contributed by atoms with Gasteiger partial charge in [0.1, 0.15) is 0 Å². The Labute approximate surface area is 118 Å². The van der Waals surface area contributed by atoms with Crippen LogP contribution in [0.1, 0.15) is 20.3 Å². The molecule has 0 aliphatic rings. The summed E-state index contributed by atoms with van der Waals surface area (Å²) >= 11 is 0. The summed E-state index contributed by atoms with van der Waals surface area (Å²) in [4.78, 5) is 15.8. The predicted molar refractivity (Wildman–Crippen MR) is 78.0 cm³/mol. The maximum Gasteiger partial charge on any atom is 0.241 e. The first-order chi connectivity index (χ1) is 9.56. The highest BCUT2D eigenvalue weighted by Gasteiger charge is 2.15. The van der Waals surface area contributed by atoms with Crippen LogP contribution in [-0.4, -0.2) is 16.9 Å². The van der Waals surface area contributed by atoms with Gasteiger partial charge in [-0.1, -0.05) is 26.0 Å². The van der Waals surface area contributed by atoms with E-state index in [0.29, 0.717) is 23.8 Å². The van der Waals surface area contributed by atoms with E-state index < -0.39 is 6.04 Å². The molecule has 1 amide bonds. The van der Waals surface area contributed by atoms with E-state index in [0.717, 1.165) is 5.56 Å². The molecule has 106 valence electrons. The van der Waals surface area contributed by atoms with Crippen molar-refractivity contribution in [2.75, 3.05) is 5.32 Å². The third kappa shape index (κ3) is 3.68. The molecule has 0 aliphatic carbocycles. The number of aromatic nitrogens is 1. The van der Waals surface area contributed by atoms with Crippen molar-refractivity contribution in [3.05, 3.63) is 36.9 Å². The molecule has 3 N–H and O–H groups in total. The Kier molecular flexibility index (Phi) is 4.53. The van der Waals surface area contributed by atoms with Crippen LogP contribution in [0.5, 0.6) is 0 Å². The molecule has 20 heavy (non-hydrogen) atoms. The molecule has 1 atom stereocenters. The second-order valence-corrected chi connectivity index (χ2v) is 5.17. The Hall–Kier alpha value is -2.14. The van der Waals surface area contributed by atoms with Crippen LogP contribution in [0.4, 0.5) is 5.69 Å². The monoisotopic (exact) mass is 273 g/mol. The smallest absolute Gasteiger partial charge is 0.241 e. The third-order valence-electron chi connectivity index (χ3n) is 2.91. The summed E-state index contributed by atoms with van der Waals surface area (Å²) in [6, 6.07) is 6.90. The molecule has 1 aromatic carbocycles. The Morgan fingerprint density at radius 2 is 2.25 bits per heavy atom. The quantitative estimate of drug-likeness (QED) is 0.877. The van der Waals surface area contributed by atoms with Crippen LogP contribution in [0.15, 0.2) is 41.3 Å². The first-order valence-corrected chi connectivity index (χ1v) is 6.61. The molecule has 0 saturated carbocycles. The lowest BCUT2D eigenvalue weighted by Gasteiger charge is -2.14. The van der Waals surface area contributed by atoms with Gasteiger partial charge in [-0.2, -0.15) is 0 Å². The van der Waals surface area contributed by atoms with Crippen LogP contribution in [-0.2, 0) is 4.79 Å². The average molecular weight is 273 g/mol. The molecule has 0 saturated heterocycles. The van der Waals surface area contributed by atoms with Gasteiger partial charge < -0.3 is 15.5 Å². The number of anilines is 1. The van der Waals surface area contributed by atoms with Crippen molar-refractivity contribution >= 4 is 11.6 Å². The van der Waals surface area contributed by atoms with Crippen molar-refractivity contribution in [1.82, 2.24) is 4.98 Å². The highest BCUT2D eigenvalue weighted by molar-refractivity contribution is 5.95. The van der Waals surface area contributed by atoms with Crippen molar-refractivity contribution in [2.45, 2.75) is 26.3 Å². The van der Waals surface area contributed by atoms with Crippen LogP contribution in [0.2, 0.25) is 0 Å². The average Bonchev–Trinajstić information content (AvgIpc) is 2.92. The van der Waals surface area contributed by atoms with Crippen molar-refractivity contribution in [2.24, 2.45) is 11.7 Å². The van der Waals surface area contributed by atoms with Gasteiger partial charge in [0.2, 0.25) is 5.91 Å². The van der Waals surface area contributed by atoms with Gasteiger partial charge in [-0.05, 0) is 24.5 Å². The molecule has 1 aromatic heterocycles. The lowest BCUT2D eigenvalue weighted by molar-refractivity contribution is -0.117. The number of nitrogens with zero attached hydrogens (tertiary/aromatic N) is 1. The zero-order valence-electron chi connectivity index (χ0n) is 11.7. The summed E-state index contributed by atoms with van der Waals surface area (Å²) in [5.41, 5.74) is 7.41. The number of oxazole rings is 1. The minimum Gasteiger partial charge on any atom is -0.444 e. The van der Waals surface area contributed by atoms with E-state index in [1.165, 1.54) is 6.39 Å². The SMILES string of the molecule is CC(C)C[C@H](N)C(=O)Nc1cccc(-c2cnco2)c1. The number of amides is 1. The fourth-order valence-electron chi connectivity index (χ4n) is 1.96. The summed E-state index contributed by atoms with van der Waals surface area (Å²) in [5.74, 6) is 0.872. The predicted octanol–water partition coefficient (Wildman–Crippen LogP) is 2.65. The lowest BCUT2D eigenvalue weighted by atomic mass is 10.0. The molecule has 0 aliphatic heterocycles. The number of nitrogens with two attached hydrogens (primary N) is 1. The van der Waals surface area contributed by atoms with Crippen LogP contribution >= 0.6 is 0 Å². The van der Waals surface area contributed by atoms with Gasteiger partial charge in [0, 0.05) is 11.3 Å². The minimum absolute atomic E-state index is 0.173. The van der Waals surface area contributed by atoms with Gasteiger partial charge in [0.25, 0.3) is 0 Å². The third-order valence-corrected chi connectivity index (χ3v) is 2.91. The van der Waals surface area contributed by atoms with Crippen LogP contribution in [0.25, 0.3) is 11.3 Å². The van der Waals surface area contributed by atoms with Crippen molar-refractivity contribution in [1.29, 1.82) is 0 Å². The van der Waals surface area contributed by atoms with E-state index in [9.17, 15) is 4.79 Å². The Morgan fingerprint density at radius 3 is 2.90 bits per heavy atom. The second kappa shape index (κ2) is 6.34. The van der Waals surface area contributed by atoms with Gasteiger partial charge in [0.05, 0.1) is 12.2 Å². The van der Waals surface area contributed by atoms with E-state index in [-0.39, 0.29) is 5.91 Å². The molecule has 2 rings (SSSR count). The fraction of sp³-hybridized carbons (Fsp3) is 0.333. The number of nitrogens with one attached hydrogen (secondary N) is 1. The largest absolute Gasteiger partial charge is 0.444 e. The van der Waals surface area contributed by atoms with Gasteiger partial charge in [-0.25, -0.2) is 4.98 Å². The van der Waals surface area contributed by atoms with Crippen LogP contribution < -0.4 is 11.1 Å². The van der Waals surface area contributed by atoms with Gasteiger partial charge in [0.15, 0.2) is 12.2 Å².